The molecule has 0 saturated heterocycles. The van der Waals surface area contributed by atoms with Gasteiger partial charge in [0.1, 0.15) is 18.2 Å². The highest BCUT2D eigenvalue weighted by Gasteiger charge is 2.30. The fourth-order valence-corrected chi connectivity index (χ4v) is 5.65. The van der Waals surface area contributed by atoms with Gasteiger partial charge in [0, 0.05) is 18.0 Å². The van der Waals surface area contributed by atoms with Gasteiger partial charge in [-0.3, -0.25) is 14.9 Å². The molecule has 0 bridgehead atoms. The molecule has 1 aliphatic rings. The summed E-state index contributed by atoms with van der Waals surface area (Å²) in [6.07, 6.45) is -1.03. The van der Waals surface area contributed by atoms with Gasteiger partial charge in [-0.25, -0.2) is 9.59 Å². The first kappa shape index (κ1) is 37.9. The van der Waals surface area contributed by atoms with Crippen molar-refractivity contribution in [2.75, 3.05) is 31.7 Å². The van der Waals surface area contributed by atoms with E-state index in [1.54, 1.807) is 52.0 Å². The Kier molecular flexibility index (Phi) is 13.4. The summed E-state index contributed by atoms with van der Waals surface area (Å²) in [6, 6.07) is 21.9. The standard InChI is InChI=1S/C39H49N3O8/c1-7-48-35(43)20-21-47-24-34(25(2)3)41-36(44)33(42-38(46)50-39(4,5)6)22-26-16-18-27(19-17-26)40-37(45)49-23-32-30-14-10-8-12-28(30)29-13-9-11-15-31(29)32/h8-19,25,32-34H,7,20-24H2,1-6H3,(H,40,45)(H,41,44)(H,42,46)/t33-,34-/m1/s1. The van der Waals surface area contributed by atoms with Crippen LogP contribution < -0.4 is 16.0 Å². The topological polar surface area (TPSA) is 141 Å². The number of hydrogen-bond donors (Lipinski definition) is 3. The Bertz CT molecular complexity index is 1570. The number of rotatable bonds is 15. The molecule has 3 N–H and O–H groups in total. The molecule has 0 radical (unpaired) electrons. The lowest BCUT2D eigenvalue weighted by molar-refractivity contribution is -0.144. The van der Waals surface area contributed by atoms with E-state index in [0.717, 1.165) is 27.8 Å². The Morgan fingerprint density at radius 1 is 0.800 bits per heavy atom. The SMILES string of the molecule is CCOC(=O)CCOC[C@@H](NC(=O)[C@@H](Cc1ccc(NC(=O)OCC2c3ccccc3-c3ccccc32)cc1)NC(=O)OC(C)(C)C)C(C)C. The molecule has 0 unspecified atom stereocenters. The van der Waals surface area contributed by atoms with E-state index < -0.39 is 29.7 Å². The Hall–Kier alpha value is -4.90. The number of benzene rings is 3. The maximum atomic E-state index is 13.6. The minimum Gasteiger partial charge on any atom is -0.466 e. The highest BCUT2D eigenvalue weighted by Crippen LogP contribution is 2.44. The summed E-state index contributed by atoms with van der Waals surface area (Å²) < 4.78 is 21.7. The minimum absolute atomic E-state index is 0.00647. The lowest BCUT2D eigenvalue weighted by atomic mass is 9.98. The van der Waals surface area contributed by atoms with Gasteiger partial charge in [-0.1, -0.05) is 74.5 Å². The van der Waals surface area contributed by atoms with Gasteiger partial charge in [-0.05, 0) is 73.6 Å². The largest absolute Gasteiger partial charge is 0.466 e. The van der Waals surface area contributed by atoms with Crippen molar-refractivity contribution in [3.05, 3.63) is 89.5 Å². The lowest BCUT2D eigenvalue weighted by Crippen LogP contribution is -2.53. The molecule has 50 heavy (non-hydrogen) atoms. The predicted molar refractivity (Wildman–Crippen MR) is 191 cm³/mol. The Balaban J connectivity index is 1.36. The lowest BCUT2D eigenvalue weighted by Gasteiger charge is -2.27. The fourth-order valence-electron chi connectivity index (χ4n) is 5.65. The first-order valence-corrected chi connectivity index (χ1v) is 17.1. The monoisotopic (exact) mass is 687 g/mol. The van der Waals surface area contributed by atoms with E-state index in [1.165, 1.54) is 0 Å². The van der Waals surface area contributed by atoms with Gasteiger partial charge in [0.2, 0.25) is 5.91 Å². The summed E-state index contributed by atoms with van der Waals surface area (Å²) in [4.78, 5) is 50.7. The van der Waals surface area contributed by atoms with Crippen LogP contribution in [0.3, 0.4) is 0 Å². The van der Waals surface area contributed by atoms with Crippen LogP contribution in [0.1, 0.15) is 70.6 Å². The van der Waals surface area contributed by atoms with E-state index in [0.29, 0.717) is 12.3 Å². The summed E-state index contributed by atoms with van der Waals surface area (Å²) in [5.74, 6) is -0.808. The quantitative estimate of drug-likeness (QED) is 0.0923. The summed E-state index contributed by atoms with van der Waals surface area (Å²) >= 11 is 0. The molecule has 0 aliphatic heterocycles. The molecule has 0 heterocycles. The zero-order valence-corrected chi connectivity index (χ0v) is 29.7. The highest BCUT2D eigenvalue weighted by molar-refractivity contribution is 5.87. The number of alkyl carbamates (subject to hydrolysis) is 1. The van der Waals surface area contributed by atoms with E-state index in [9.17, 15) is 19.2 Å². The van der Waals surface area contributed by atoms with Crippen LogP contribution in [0.4, 0.5) is 15.3 Å². The van der Waals surface area contributed by atoms with Crippen molar-refractivity contribution in [3.8, 4) is 11.1 Å². The third-order valence-corrected chi connectivity index (χ3v) is 8.18. The van der Waals surface area contributed by atoms with Crippen LogP contribution in [-0.2, 0) is 35.0 Å². The average molecular weight is 688 g/mol. The van der Waals surface area contributed by atoms with Gasteiger partial charge in [-0.2, -0.15) is 0 Å². The maximum Gasteiger partial charge on any atom is 0.411 e. The number of fused-ring (bicyclic) bond motifs is 3. The Labute approximate surface area is 294 Å². The summed E-state index contributed by atoms with van der Waals surface area (Å²) in [5, 5.41) is 8.46. The van der Waals surface area contributed by atoms with Crippen LogP contribution in [0.25, 0.3) is 11.1 Å². The van der Waals surface area contributed by atoms with Crippen LogP contribution in [-0.4, -0.2) is 68.2 Å². The molecule has 0 aromatic heterocycles. The molecule has 268 valence electrons. The predicted octanol–water partition coefficient (Wildman–Crippen LogP) is 6.59. The van der Waals surface area contributed by atoms with Gasteiger partial charge < -0.3 is 29.6 Å². The van der Waals surface area contributed by atoms with Gasteiger partial charge in [0.25, 0.3) is 0 Å². The zero-order chi connectivity index (χ0) is 36.3. The van der Waals surface area contributed by atoms with E-state index in [-0.39, 0.29) is 56.5 Å². The van der Waals surface area contributed by atoms with E-state index in [4.69, 9.17) is 18.9 Å². The number of ether oxygens (including phenoxy) is 4. The van der Waals surface area contributed by atoms with Gasteiger partial charge >= 0.3 is 18.2 Å². The number of nitrogens with one attached hydrogen (secondary N) is 3. The number of amides is 3. The van der Waals surface area contributed by atoms with E-state index in [1.807, 2.05) is 38.1 Å². The van der Waals surface area contributed by atoms with Gasteiger partial charge in [0.15, 0.2) is 0 Å². The number of anilines is 1. The molecule has 4 rings (SSSR count). The fraction of sp³-hybridized carbons (Fsp3) is 0.436. The third kappa shape index (κ3) is 11.1. The number of carbonyl (C=O) groups excluding carboxylic acids is 4. The first-order valence-electron chi connectivity index (χ1n) is 17.1. The van der Waals surface area contributed by atoms with Crippen LogP contribution in [0.5, 0.6) is 0 Å². The van der Waals surface area contributed by atoms with Crippen molar-refractivity contribution >= 4 is 29.8 Å². The van der Waals surface area contributed by atoms with E-state index in [2.05, 4.69) is 40.2 Å². The van der Waals surface area contributed by atoms with Gasteiger partial charge in [0.05, 0.1) is 32.3 Å². The molecular weight excluding hydrogens is 638 g/mol. The van der Waals surface area contributed by atoms with Gasteiger partial charge in [-0.15, -0.1) is 0 Å². The molecule has 0 saturated carbocycles. The number of esters is 1. The molecule has 0 spiro atoms. The summed E-state index contributed by atoms with van der Waals surface area (Å²) in [6.45, 7) is 11.7. The Morgan fingerprint density at radius 3 is 2.00 bits per heavy atom. The molecule has 0 fully saturated rings. The highest BCUT2D eigenvalue weighted by atomic mass is 16.6. The molecular formula is C39H49N3O8. The second-order valence-corrected chi connectivity index (χ2v) is 13.5. The maximum absolute atomic E-state index is 13.6. The van der Waals surface area contributed by atoms with Crippen LogP contribution >= 0.6 is 0 Å². The zero-order valence-electron chi connectivity index (χ0n) is 29.7. The van der Waals surface area contributed by atoms with Crippen LogP contribution in [0, 0.1) is 5.92 Å². The molecule has 3 aromatic carbocycles. The second-order valence-electron chi connectivity index (χ2n) is 13.5. The van der Waals surface area contributed by atoms with Crippen molar-refractivity contribution in [2.24, 2.45) is 5.92 Å². The third-order valence-electron chi connectivity index (χ3n) is 8.18. The smallest absolute Gasteiger partial charge is 0.411 e. The first-order chi connectivity index (χ1) is 23.8. The van der Waals surface area contributed by atoms with E-state index >= 15 is 0 Å². The average Bonchev–Trinajstić information content (AvgIpc) is 3.38. The second kappa shape index (κ2) is 17.7. The summed E-state index contributed by atoms with van der Waals surface area (Å²) in [7, 11) is 0. The molecule has 11 heteroatoms. The minimum atomic E-state index is -0.966. The van der Waals surface area contributed by atoms with Crippen molar-refractivity contribution in [1.82, 2.24) is 10.6 Å². The molecule has 3 aromatic rings. The van der Waals surface area contributed by atoms with Crippen molar-refractivity contribution < 1.29 is 38.1 Å². The van der Waals surface area contributed by atoms with Crippen molar-refractivity contribution in [1.29, 1.82) is 0 Å². The molecule has 2 atom stereocenters. The van der Waals surface area contributed by atoms with Crippen LogP contribution in [0.15, 0.2) is 72.8 Å². The molecule has 1 aliphatic carbocycles. The number of carbonyl (C=O) groups is 4. The molecule has 3 amide bonds. The van der Waals surface area contributed by atoms with Crippen molar-refractivity contribution in [2.45, 2.75) is 78.0 Å². The Morgan fingerprint density at radius 2 is 1.42 bits per heavy atom. The summed E-state index contributed by atoms with van der Waals surface area (Å²) in [5.41, 5.74) is 5.07. The molecule has 11 nitrogen and oxygen atoms in total. The number of hydrogen-bond acceptors (Lipinski definition) is 8. The van der Waals surface area contributed by atoms with Crippen LogP contribution in [0.2, 0.25) is 0 Å². The normalized spacial score (nSPS) is 13.4. The van der Waals surface area contributed by atoms with Crippen molar-refractivity contribution in [3.63, 3.8) is 0 Å².